The van der Waals surface area contributed by atoms with E-state index < -0.39 is 0 Å². The van der Waals surface area contributed by atoms with Crippen LogP contribution in [0.4, 0.5) is 0 Å². The molecule has 3 fully saturated rings. The van der Waals surface area contributed by atoms with Crippen LogP contribution in [0.15, 0.2) is 35.5 Å². The van der Waals surface area contributed by atoms with Gasteiger partial charge in [0.05, 0.1) is 6.10 Å². The van der Waals surface area contributed by atoms with Crippen molar-refractivity contribution in [2.24, 2.45) is 40.9 Å². The SMILES string of the molecule is CC(C)[C@@H](C)/C=C/[C@H](C)[C@H]1CC[C@@H]2/C(=C/C=C3\C[C@@H](O)CC[C@H]3C)CCC[C@]21C. The fraction of sp³-hybridized carbons (Fsp3) is 0.786. The van der Waals surface area contributed by atoms with Crippen LogP contribution in [0.5, 0.6) is 0 Å². The second-order valence-electron chi connectivity index (χ2n) is 11.3. The Bertz CT molecular complexity index is 639. The number of hydrogen-bond donors (Lipinski definition) is 1. The maximum Gasteiger partial charge on any atom is 0.0577 e. The van der Waals surface area contributed by atoms with Crippen molar-refractivity contribution in [3.8, 4) is 0 Å². The molecule has 0 bridgehead atoms. The maximum absolute atomic E-state index is 10.1. The molecule has 0 aliphatic heterocycles. The maximum atomic E-state index is 10.1. The molecule has 3 rings (SSSR count). The van der Waals surface area contributed by atoms with Gasteiger partial charge in [-0.1, -0.05) is 77.0 Å². The highest BCUT2D eigenvalue weighted by molar-refractivity contribution is 5.27. The lowest BCUT2D eigenvalue weighted by Gasteiger charge is -2.44. The Labute approximate surface area is 180 Å². The van der Waals surface area contributed by atoms with Crippen molar-refractivity contribution in [2.45, 2.75) is 99.0 Å². The van der Waals surface area contributed by atoms with E-state index in [1.807, 2.05) is 0 Å². The van der Waals surface area contributed by atoms with E-state index >= 15 is 0 Å². The number of allylic oxidation sites excluding steroid dienone is 5. The first-order chi connectivity index (χ1) is 13.7. The van der Waals surface area contributed by atoms with Crippen LogP contribution in [-0.4, -0.2) is 11.2 Å². The molecule has 0 radical (unpaired) electrons. The van der Waals surface area contributed by atoms with Gasteiger partial charge < -0.3 is 5.11 Å². The third kappa shape index (κ3) is 5.09. The minimum absolute atomic E-state index is 0.121. The molecular weight excluding hydrogens is 352 g/mol. The Morgan fingerprint density at radius 2 is 1.69 bits per heavy atom. The molecule has 7 atom stereocenters. The summed E-state index contributed by atoms with van der Waals surface area (Å²) in [4.78, 5) is 0. The lowest BCUT2D eigenvalue weighted by molar-refractivity contribution is 0.112. The fourth-order valence-corrected chi connectivity index (χ4v) is 6.50. The van der Waals surface area contributed by atoms with E-state index in [-0.39, 0.29) is 6.10 Å². The second-order valence-corrected chi connectivity index (χ2v) is 11.3. The average molecular weight is 399 g/mol. The summed E-state index contributed by atoms with van der Waals surface area (Å²) in [5.41, 5.74) is 3.63. The van der Waals surface area contributed by atoms with E-state index in [2.05, 4.69) is 65.8 Å². The van der Waals surface area contributed by atoms with Gasteiger partial charge in [-0.25, -0.2) is 0 Å². The third-order valence-corrected chi connectivity index (χ3v) is 8.99. The van der Waals surface area contributed by atoms with Crippen LogP contribution < -0.4 is 0 Å². The molecule has 3 saturated carbocycles. The van der Waals surface area contributed by atoms with Crippen molar-refractivity contribution in [1.82, 2.24) is 0 Å². The molecule has 0 spiro atoms. The van der Waals surface area contributed by atoms with Crippen LogP contribution in [0.1, 0.15) is 92.9 Å². The van der Waals surface area contributed by atoms with Crippen molar-refractivity contribution in [3.63, 3.8) is 0 Å². The minimum Gasteiger partial charge on any atom is -0.393 e. The Kier molecular flexibility index (Phi) is 7.52. The van der Waals surface area contributed by atoms with Gasteiger partial charge >= 0.3 is 0 Å². The van der Waals surface area contributed by atoms with E-state index in [0.29, 0.717) is 23.2 Å². The molecule has 29 heavy (non-hydrogen) atoms. The summed E-state index contributed by atoms with van der Waals surface area (Å²) in [5, 5.41) is 10.1. The molecule has 0 aromatic rings. The highest BCUT2D eigenvalue weighted by atomic mass is 16.3. The lowest BCUT2D eigenvalue weighted by atomic mass is 9.61. The summed E-state index contributed by atoms with van der Waals surface area (Å²) in [5.74, 6) is 4.29. The predicted octanol–water partition coefficient (Wildman–Crippen LogP) is 7.72. The average Bonchev–Trinajstić information content (AvgIpc) is 3.04. The monoisotopic (exact) mass is 398 g/mol. The van der Waals surface area contributed by atoms with Gasteiger partial charge in [0, 0.05) is 0 Å². The molecule has 1 nitrogen and oxygen atoms in total. The number of rotatable bonds is 5. The molecule has 0 aromatic carbocycles. The summed E-state index contributed by atoms with van der Waals surface area (Å²) in [7, 11) is 0. The molecular formula is C28H46O. The van der Waals surface area contributed by atoms with Gasteiger partial charge in [-0.2, -0.15) is 0 Å². The van der Waals surface area contributed by atoms with Crippen LogP contribution in [0.3, 0.4) is 0 Å². The Balaban J connectivity index is 1.74. The zero-order chi connectivity index (χ0) is 21.2. The molecule has 3 aliphatic rings. The highest BCUT2D eigenvalue weighted by Crippen LogP contribution is 2.59. The first-order valence-corrected chi connectivity index (χ1v) is 12.5. The number of fused-ring (bicyclic) bond motifs is 1. The molecule has 164 valence electrons. The molecule has 1 heteroatoms. The summed E-state index contributed by atoms with van der Waals surface area (Å²) < 4.78 is 0. The van der Waals surface area contributed by atoms with Crippen LogP contribution >= 0.6 is 0 Å². The molecule has 0 saturated heterocycles. The molecule has 3 aliphatic carbocycles. The van der Waals surface area contributed by atoms with Gasteiger partial charge in [0.15, 0.2) is 0 Å². The van der Waals surface area contributed by atoms with E-state index in [1.54, 1.807) is 5.57 Å². The lowest BCUT2D eigenvalue weighted by Crippen LogP contribution is -2.35. The second kappa shape index (κ2) is 9.54. The standard InChI is InChI=1S/C28H46O/c1-19(2)20(3)9-10-22(5)26-15-16-27-23(8-7-17-28(26,27)6)12-13-24-18-25(29)14-11-21(24)4/h9-10,12-13,19-22,25-27,29H,7-8,11,14-18H2,1-6H3/b10-9+,23-12+,24-13+/t20-,21+,22-,25-,26+,27+,28-/m0/s1. The summed E-state index contributed by atoms with van der Waals surface area (Å²) in [6.07, 6.45) is 19.5. The van der Waals surface area contributed by atoms with Crippen LogP contribution in [0.2, 0.25) is 0 Å². The third-order valence-electron chi connectivity index (χ3n) is 8.99. The molecule has 0 unspecified atom stereocenters. The van der Waals surface area contributed by atoms with Gasteiger partial charge in [0.2, 0.25) is 0 Å². The summed E-state index contributed by atoms with van der Waals surface area (Å²) >= 11 is 0. The van der Waals surface area contributed by atoms with Crippen LogP contribution in [0.25, 0.3) is 0 Å². The Morgan fingerprint density at radius 3 is 2.41 bits per heavy atom. The molecule has 0 aromatic heterocycles. The number of aliphatic hydroxyl groups is 1. The van der Waals surface area contributed by atoms with E-state index in [0.717, 1.165) is 37.0 Å². The molecule has 1 N–H and O–H groups in total. The molecule has 0 amide bonds. The van der Waals surface area contributed by atoms with E-state index in [9.17, 15) is 5.11 Å². The van der Waals surface area contributed by atoms with Crippen LogP contribution in [-0.2, 0) is 0 Å². The number of aliphatic hydroxyl groups excluding tert-OH is 1. The first-order valence-electron chi connectivity index (χ1n) is 12.5. The Hall–Kier alpha value is -0.820. The topological polar surface area (TPSA) is 20.2 Å². The van der Waals surface area contributed by atoms with Crippen LogP contribution in [0, 0.1) is 40.9 Å². The minimum atomic E-state index is -0.121. The van der Waals surface area contributed by atoms with Crippen molar-refractivity contribution in [3.05, 3.63) is 35.5 Å². The van der Waals surface area contributed by atoms with E-state index in [1.165, 1.54) is 37.7 Å². The van der Waals surface area contributed by atoms with Gasteiger partial charge in [-0.05, 0) is 92.3 Å². The normalized spacial score (nSPS) is 40.7. The van der Waals surface area contributed by atoms with Crippen molar-refractivity contribution in [2.75, 3.05) is 0 Å². The smallest absolute Gasteiger partial charge is 0.0577 e. The van der Waals surface area contributed by atoms with Gasteiger partial charge in [-0.15, -0.1) is 0 Å². The highest BCUT2D eigenvalue weighted by Gasteiger charge is 2.50. The Morgan fingerprint density at radius 1 is 0.966 bits per heavy atom. The summed E-state index contributed by atoms with van der Waals surface area (Å²) in [6.45, 7) is 14.4. The van der Waals surface area contributed by atoms with Crippen molar-refractivity contribution >= 4 is 0 Å². The fourth-order valence-electron chi connectivity index (χ4n) is 6.50. The number of hydrogen-bond acceptors (Lipinski definition) is 1. The van der Waals surface area contributed by atoms with Crippen molar-refractivity contribution in [1.29, 1.82) is 0 Å². The van der Waals surface area contributed by atoms with E-state index in [4.69, 9.17) is 0 Å². The quantitative estimate of drug-likeness (QED) is 0.470. The largest absolute Gasteiger partial charge is 0.393 e. The van der Waals surface area contributed by atoms with Crippen molar-refractivity contribution < 1.29 is 5.11 Å². The first kappa shape index (κ1) is 22.9. The summed E-state index contributed by atoms with van der Waals surface area (Å²) in [6, 6.07) is 0. The molecule has 0 heterocycles. The van der Waals surface area contributed by atoms with Gasteiger partial charge in [0.1, 0.15) is 0 Å². The predicted molar refractivity (Wildman–Crippen MR) is 126 cm³/mol. The zero-order valence-corrected chi connectivity index (χ0v) is 20.0. The van der Waals surface area contributed by atoms with Gasteiger partial charge in [0.25, 0.3) is 0 Å². The zero-order valence-electron chi connectivity index (χ0n) is 20.0. The van der Waals surface area contributed by atoms with Gasteiger partial charge in [-0.3, -0.25) is 0 Å².